The second-order valence-corrected chi connectivity index (χ2v) is 6.22. The molecule has 1 fully saturated rings. The molecule has 0 saturated carbocycles. The number of ether oxygens (including phenoxy) is 2. The molecule has 0 unspecified atom stereocenters. The Labute approximate surface area is 148 Å². The summed E-state index contributed by atoms with van der Waals surface area (Å²) < 4.78 is 11.1. The lowest BCUT2D eigenvalue weighted by molar-refractivity contribution is 0.0490. The van der Waals surface area contributed by atoms with Gasteiger partial charge < -0.3 is 14.8 Å². The Morgan fingerprint density at radius 1 is 1.24 bits per heavy atom. The van der Waals surface area contributed by atoms with Gasteiger partial charge in [0, 0.05) is 31.2 Å². The van der Waals surface area contributed by atoms with Gasteiger partial charge in [0.2, 0.25) is 5.88 Å². The fourth-order valence-corrected chi connectivity index (χ4v) is 2.86. The van der Waals surface area contributed by atoms with E-state index in [1.165, 1.54) is 0 Å². The maximum absolute atomic E-state index is 12.4. The number of carbonyl (C=O) groups excluding carboxylic acids is 1. The van der Waals surface area contributed by atoms with Gasteiger partial charge in [-0.25, -0.2) is 4.98 Å². The molecule has 0 atom stereocenters. The number of carbonyl (C=O) groups is 1. The molecule has 5 nitrogen and oxygen atoms in total. The zero-order valence-electron chi connectivity index (χ0n) is 14.5. The highest BCUT2D eigenvalue weighted by molar-refractivity contribution is 6.04. The van der Waals surface area contributed by atoms with Gasteiger partial charge in [0.15, 0.2) is 0 Å². The zero-order valence-corrected chi connectivity index (χ0v) is 14.5. The Morgan fingerprint density at radius 3 is 2.76 bits per heavy atom. The van der Waals surface area contributed by atoms with E-state index < -0.39 is 0 Å². The van der Waals surface area contributed by atoms with Crippen molar-refractivity contribution in [3.05, 3.63) is 53.7 Å². The Morgan fingerprint density at radius 2 is 2.04 bits per heavy atom. The summed E-state index contributed by atoms with van der Waals surface area (Å²) in [5, 5.41) is 2.95. The number of pyridine rings is 1. The van der Waals surface area contributed by atoms with Crippen LogP contribution in [0.15, 0.2) is 42.6 Å². The molecule has 2 aromatic rings. The quantitative estimate of drug-likeness (QED) is 0.871. The number of nitrogens with one attached hydrogen (secondary N) is 1. The number of hydrogen-bond acceptors (Lipinski definition) is 4. The zero-order chi connectivity index (χ0) is 17.5. The topological polar surface area (TPSA) is 60.5 Å². The van der Waals surface area contributed by atoms with Crippen LogP contribution in [0, 0.1) is 5.92 Å². The van der Waals surface area contributed by atoms with Crippen molar-refractivity contribution < 1.29 is 14.3 Å². The Kier molecular flexibility index (Phi) is 6.01. The van der Waals surface area contributed by atoms with Gasteiger partial charge in [-0.05, 0) is 42.9 Å². The molecule has 132 valence electrons. The highest BCUT2D eigenvalue weighted by atomic mass is 16.5. The smallest absolute Gasteiger partial charge is 0.257 e. The summed E-state index contributed by atoms with van der Waals surface area (Å²) in [6.45, 7) is 4.32. The average Bonchev–Trinajstić information content (AvgIpc) is 2.68. The van der Waals surface area contributed by atoms with E-state index in [0.29, 0.717) is 24.0 Å². The summed E-state index contributed by atoms with van der Waals surface area (Å²) in [7, 11) is 0. The standard InChI is InChI=1S/C20H24N2O3/c1-2-16-5-3-4-6-18(16)22-20(23)17-7-8-19(21-13-17)25-14-15-9-11-24-12-10-15/h3-8,13,15H,2,9-12,14H2,1H3,(H,22,23). The number of benzene rings is 1. The van der Waals surface area contributed by atoms with Crippen LogP contribution in [-0.4, -0.2) is 30.7 Å². The van der Waals surface area contributed by atoms with E-state index in [1.54, 1.807) is 18.3 Å². The van der Waals surface area contributed by atoms with Gasteiger partial charge in [0.1, 0.15) is 0 Å². The normalized spacial score (nSPS) is 14.9. The van der Waals surface area contributed by atoms with Crippen LogP contribution in [0.5, 0.6) is 5.88 Å². The van der Waals surface area contributed by atoms with Crippen molar-refractivity contribution in [3.8, 4) is 5.88 Å². The number of para-hydroxylation sites is 1. The lowest BCUT2D eigenvalue weighted by Crippen LogP contribution is -2.21. The van der Waals surface area contributed by atoms with Crippen molar-refractivity contribution in [2.45, 2.75) is 26.2 Å². The van der Waals surface area contributed by atoms with Crippen LogP contribution >= 0.6 is 0 Å². The summed E-state index contributed by atoms with van der Waals surface area (Å²) in [6.07, 6.45) is 4.48. The summed E-state index contributed by atoms with van der Waals surface area (Å²) in [5.41, 5.74) is 2.47. The monoisotopic (exact) mass is 340 g/mol. The third kappa shape index (κ3) is 4.79. The lowest BCUT2D eigenvalue weighted by Gasteiger charge is -2.21. The Bertz CT molecular complexity index is 694. The van der Waals surface area contributed by atoms with Crippen LogP contribution in [-0.2, 0) is 11.2 Å². The number of hydrogen-bond donors (Lipinski definition) is 1. The highest BCUT2D eigenvalue weighted by Gasteiger charge is 2.15. The van der Waals surface area contributed by atoms with E-state index in [-0.39, 0.29) is 5.91 Å². The molecule has 1 aromatic heterocycles. The Balaban J connectivity index is 1.56. The minimum atomic E-state index is -0.163. The first-order valence-corrected chi connectivity index (χ1v) is 8.82. The second-order valence-electron chi connectivity index (χ2n) is 6.22. The predicted octanol–water partition coefficient (Wildman–Crippen LogP) is 3.70. The molecule has 1 aliphatic rings. The van der Waals surface area contributed by atoms with E-state index in [4.69, 9.17) is 9.47 Å². The molecule has 1 aromatic carbocycles. The molecule has 25 heavy (non-hydrogen) atoms. The van der Waals surface area contributed by atoms with Gasteiger partial charge >= 0.3 is 0 Å². The minimum Gasteiger partial charge on any atom is -0.477 e. The molecule has 5 heteroatoms. The van der Waals surface area contributed by atoms with Crippen molar-refractivity contribution in [2.24, 2.45) is 5.92 Å². The summed E-state index contributed by atoms with van der Waals surface area (Å²) >= 11 is 0. The van der Waals surface area contributed by atoms with Crippen molar-refractivity contribution in [1.82, 2.24) is 4.98 Å². The summed E-state index contributed by atoms with van der Waals surface area (Å²) in [6, 6.07) is 11.3. The molecule has 3 rings (SSSR count). The first-order chi connectivity index (χ1) is 12.3. The van der Waals surface area contributed by atoms with Crippen molar-refractivity contribution in [1.29, 1.82) is 0 Å². The highest BCUT2D eigenvalue weighted by Crippen LogP contribution is 2.18. The van der Waals surface area contributed by atoms with Crippen LogP contribution in [0.25, 0.3) is 0 Å². The van der Waals surface area contributed by atoms with Crippen LogP contribution in [0.4, 0.5) is 5.69 Å². The van der Waals surface area contributed by atoms with Crippen molar-refractivity contribution >= 4 is 11.6 Å². The van der Waals surface area contributed by atoms with Crippen LogP contribution in [0.2, 0.25) is 0 Å². The van der Waals surface area contributed by atoms with E-state index >= 15 is 0 Å². The van der Waals surface area contributed by atoms with Crippen molar-refractivity contribution in [3.63, 3.8) is 0 Å². The van der Waals surface area contributed by atoms with Gasteiger partial charge in [-0.1, -0.05) is 25.1 Å². The molecule has 2 heterocycles. The molecule has 0 radical (unpaired) electrons. The fraction of sp³-hybridized carbons (Fsp3) is 0.400. The molecular formula is C20H24N2O3. The maximum Gasteiger partial charge on any atom is 0.257 e. The third-order valence-corrected chi connectivity index (χ3v) is 4.45. The third-order valence-electron chi connectivity index (χ3n) is 4.45. The van der Waals surface area contributed by atoms with E-state index in [1.807, 2.05) is 24.3 Å². The summed E-state index contributed by atoms with van der Waals surface area (Å²) in [5.74, 6) is 0.908. The molecule has 1 aliphatic heterocycles. The number of rotatable bonds is 6. The number of aryl methyl sites for hydroxylation is 1. The van der Waals surface area contributed by atoms with Crippen LogP contribution in [0.1, 0.15) is 35.7 Å². The number of anilines is 1. The molecule has 0 aliphatic carbocycles. The predicted molar refractivity (Wildman–Crippen MR) is 97.0 cm³/mol. The summed E-state index contributed by atoms with van der Waals surface area (Å²) in [4.78, 5) is 16.6. The first kappa shape index (κ1) is 17.4. The largest absolute Gasteiger partial charge is 0.477 e. The minimum absolute atomic E-state index is 0.163. The van der Waals surface area contributed by atoms with Gasteiger partial charge in [-0.15, -0.1) is 0 Å². The fourth-order valence-electron chi connectivity index (χ4n) is 2.86. The van der Waals surface area contributed by atoms with E-state index in [9.17, 15) is 4.79 Å². The van der Waals surface area contributed by atoms with Gasteiger partial charge in [-0.3, -0.25) is 4.79 Å². The van der Waals surface area contributed by atoms with Gasteiger partial charge in [0.05, 0.1) is 12.2 Å². The average molecular weight is 340 g/mol. The molecule has 0 bridgehead atoms. The number of aromatic nitrogens is 1. The molecule has 1 amide bonds. The van der Waals surface area contributed by atoms with E-state index in [0.717, 1.165) is 43.7 Å². The lowest BCUT2D eigenvalue weighted by atomic mass is 10.0. The van der Waals surface area contributed by atoms with Gasteiger partial charge in [-0.2, -0.15) is 0 Å². The van der Waals surface area contributed by atoms with Crippen LogP contribution in [0.3, 0.4) is 0 Å². The number of nitrogens with zero attached hydrogens (tertiary/aromatic N) is 1. The van der Waals surface area contributed by atoms with Gasteiger partial charge in [0.25, 0.3) is 5.91 Å². The van der Waals surface area contributed by atoms with Crippen molar-refractivity contribution in [2.75, 3.05) is 25.1 Å². The number of amides is 1. The first-order valence-electron chi connectivity index (χ1n) is 8.82. The molecule has 1 N–H and O–H groups in total. The second kappa shape index (κ2) is 8.62. The molecule has 0 spiro atoms. The molecule has 1 saturated heterocycles. The van der Waals surface area contributed by atoms with E-state index in [2.05, 4.69) is 17.2 Å². The maximum atomic E-state index is 12.4. The molecular weight excluding hydrogens is 316 g/mol. The SMILES string of the molecule is CCc1ccccc1NC(=O)c1ccc(OCC2CCOCC2)nc1. The van der Waals surface area contributed by atoms with Crippen LogP contribution < -0.4 is 10.1 Å². The Hall–Kier alpha value is -2.40.